The molecule has 0 unspecified atom stereocenters. The van der Waals surface area contributed by atoms with Gasteiger partial charge >= 0.3 is 0 Å². The van der Waals surface area contributed by atoms with Crippen LogP contribution >= 0.6 is 0 Å². The van der Waals surface area contributed by atoms with Gasteiger partial charge in [0.15, 0.2) is 0 Å². The fourth-order valence-electron chi connectivity index (χ4n) is 2.68. The summed E-state index contributed by atoms with van der Waals surface area (Å²) in [6.07, 6.45) is 1.38. The first kappa shape index (κ1) is 14.8. The van der Waals surface area contributed by atoms with E-state index < -0.39 is 10.0 Å². The highest BCUT2D eigenvalue weighted by Gasteiger charge is 2.23. The Kier molecular flexibility index (Phi) is 3.33. The number of benzene rings is 2. The van der Waals surface area contributed by atoms with Crippen LogP contribution in [0.4, 0.5) is 0 Å². The molecule has 0 bridgehead atoms. The molecule has 1 aromatic heterocycles. The van der Waals surface area contributed by atoms with Crippen LogP contribution in [0.15, 0.2) is 41.6 Å². The maximum atomic E-state index is 13.1. The van der Waals surface area contributed by atoms with Gasteiger partial charge in [0.2, 0.25) is 0 Å². The molecule has 0 spiro atoms. The highest BCUT2D eigenvalue weighted by Crippen LogP contribution is 2.28. The quantitative estimate of drug-likeness (QED) is 0.727. The molecule has 0 amide bonds. The minimum atomic E-state index is -3.66. The lowest BCUT2D eigenvalue weighted by molar-refractivity contribution is 0.588. The number of hydrogen-bond acceptors (Lipinski definition) is 3. The van der Waals surface area contributed by atoms with Gasteiger partial charge in [-0.2, -0.15) is 0 Å². The molecule has 0 atom stereocenters. The van der Waals surface area contributed by atoms with E-state index in [2.05, 4.69) is 4.98 Å². The van der Waals surface area contributed by atoms with Crippen LogP contribution in [0.2, 0.25) is 0 Å². The summed E-state index contributed by atoms with van der Waals surface area (Å²) in [7, 11) is -3.66. The number of imidazole rings is 1. The third kappa shape index (κ3) is 2.04. The fraction of sp³-hybridized carbons (Fsp3) is 0.235. The Labute approximate surface area is 130 Å². The van der Waals surface area contributed by atoms with E-state index in [0.29, 0.717) is 15.9 Å². The predicted molar refractivity (Wildman–Crippen MR) is 87.7 cm³/mol. The Morgan fingerprint density at radius 3 is 2.36 bits per heavy atom. The zero-order valence-corrected chi connectivity index (χ0v) is 13.9. The highest BCUT2D eigenvalue weighted by atomic mass is 32.2. The highest BCUT2D eigenvalue weighted by molar-refractivity contribution is 7.90. The molecule has 0 aliphatic heterocycles. The summed E-state index contributed by atoms with van der Waals surface area (Å²) >= 11 is 0. The van der Waals surface area contributed by atoms with Crippen molar-refractivity contribution in [3.63, 3.8) is 0 Å². The van der Waals surface area contributed by atoms with E-state index in [1.807, 2.05) is 39.8 Å². The molecule has 0 aliphatic carbocycles. The molecule has 5 heteroatoms. The van der Waals surface area contributed by atoms with Crippen LogP contribution in [0, 0.1) is 27.7 Å². The fourth-order valence-corrected chi connectivity index (χ4v) is 4.34. The first-order chi connectivity index (χ1) is 10.3. The molecule has 4 nitrogen and oxygen atoms in total. The second-order valence-corrected chi connectivity index (χ2v) is 7.38. The van der Waals surface area contributed by atoms with Crippen molar-refractivity contribution in [1.82, 2.24) is 8.96 Å². The summed E-state index contributed by atoms with van der Waals surface area (Å²) in [5.41, 5.74) is 5.18. The van der Waals surface area contributed by atoms with E-state index in [9.17, 15) is 8.42 Å². The van der Waals surface area contributed by atoms with Crippen molar-refractivity contribution in [3.05, 3.63) is 58.9 Å². The van der Waals surface area contributed by atoms with Crippen molar-refractivity contribution in [2.24, 2.45) is 0 Å². The first-order valence-electron chi connectivity index (χ1n) is 7.09. The summed E-state index contributed by atoms with van der Waals surface area (Å²) in [6, 6.07) is 8.98. The molecule has 1 heterocycles. The molecule has 0 aliphatic rings. The molecule has 3 aromatic rings. The van der Waals surface area contributed by atoms with Gasteiger partial charge in [0, 0.05) is 0 Å². The summed E-state index contributed by atoms with van der Waals surface area (Å²) in [4.78, 5) is 4.53. The lowest BCUT2D eigenvalue weighted by Gasteiger charge is -2.15. The molecule has 3 rings (SSSR count). The zero-order valence-electron chi connectivity index (χ0n) is 13.1. The van der Waals surface area contributed by atoms with Crippen LogP contribution in [0.3, 0.4) is 0 Å². The van der Waals surface area contributed by atoms with Gasteiger partial charge < -0.3 is 0 Å². The molecule has 0 N–H and O–H groups in total. The zero-order chi connectivity index (χ0) is 16.1. The molecule has 0 saturated heterocycles. The number of nitrogens with zero attached hydrogens (tertiary/aromatic N) is 2. The van der Waals surface area contributed by atoms with Gasteiger partial charge in [0.25, 0.3) is 10.0 Å². The van der Waals surface area contributed by atoms with Gasteiger partial charge in [-0.25, -0.2) is 17.4 Å². The Balaban J connectivity index is 2.32. The Hall–Kier alpha value is -2.14. The topological polar surface area (TPSA) is 52.0 Å². The maximum Gasteiger partial charge on any atom is 0.269 e. The average molecular weight is 314 g/mol. The summed E-state index contributed by atoms with van der Waals surface area (Å²) < 4.78 is 27.4. The normalized spacial score (nSPS) is 12.0. The Morgan fingerprint density at radius 1 is 0.955 bits per heavy atom. The summed E-state index contributed by atoms with van der Waals surface area (Å²) in [6.45, 7) is 7.77. The third-order valence-electron chi connectivity index (χ3n) is 4.39. The number of hydrogen-bond donors (Lipinski definition) is 0. The first-order valence-corrected chi connectivity index (χ1v) is 8.53. The number of aromatic nitrogens is 2. The molecular weight excluding hydrogens is 296 g/mol. The molecule has 0 saturated carbocycles. The SMILES string of the molecule is Cc1cc(S(=O)(=O)n2cnc3ccccc32)c(C)c(C)c1C. The minimum absolute atomic E-state index is 0.344. The van der Waals surface area contributed by atoms with Crippen molar-refractivity contribution >= 4 is 21.1 Å². The number of para-hydroxylation sites is 2. The second kappa shape index (κ2) is 4.95. The molecular formula is C17H18N2O2S. The summed E-state index contributed by atoms with van der Waals surface area (Å²) in [5, 5.41) is 0. The van der Waals surface area contributed by atoms with Gasteiger partial charge in [-0.3, -0.25) is 0 Å². The van der Waals surface area contributed by atoms with Gasteiger partial charge in [0.05, 0.1) is 15.9 Å². The summed E-state index contributed by atoms with van der Waals surface area (Å²) in [5.74, 6) is 0. The number of aryl methyl sites for hydroxylation is 1. The Bertz CT molecular complexity index is 985. The van der Waals surface area contributed by atoms with Crippen molar-refractivity contribution in [3.8, 4) is 0 Å². The van der Waals surface area contributed by atoms with E-state index in [0.717, 1.165) is 22.3 Å². The van der Waals surface area contributed by atoms with Gasteiger partial charge in [-0.05, 0) is 68.1 Å². The molecule has 114 valence electrons. The van der Waals surface area contributed by atoms with Gasteiger partial charge in [-0.1, -0.05) is 12.1 Å². The van der Waals surface area contributed by atoms with Crippen LogP contribution in [-0.2, 0) is 10.0 Å². The van der Waals surface area contributed by atoms with Crippen molar-refractivity contribution in [2.45, 2.75) is 32.6 Å². The molecule has 2 aromatic carbocycles. The van der Waals surface area contributed by atoms with Crippen molar-refractivity contribution in [2.75, 3.05) is 0 Å². The average Bonchev–Trinajstić information content (AvgIpc) is 2.93. The molecule has 0 radical (unpaired) electrons. The largest absolute Gasteiger partial charge is 0.269 e. The lowest BCUT2D eigenvalue weighted by Crippen LogP contribution is -2.14. The number of fused-ring (bicyclic) bond motifs is 1. The minimum Gasteiger partial charge on any atom is -0.236 e. The van der Waals surface area contributed by atoms with Crippen LogP contribution in [0.25, 0.3) is 11.0 Å². The van der Waals surface area contributed by atoms with Crippen LogP contribution in [0.5, 0.6) is 0 Å². The third-order valence-corrected chi connectivity index (χ3v) is 6.18. The van der Waals surface area contributed by atoms with E-state index >= 15 is 0 Å². The van der Waals surface area contributed by atoms with Gasteiger partial charge in [0.1, 0.15) is 6.33 Å². The van der Waals surface area contributed by atoms with E-state index in [1.165, 1.54) is 10.3 Å². The molecule has 22 heavy (non-hydrogen) atoms. The number of rotatable bonds is 2. The van der Waals surface area contributed by atoms with E-state index in [1.54, 1.807) is 18.2 Å². The monoisotopic (exact) mass is 314 g/mol. The molecule has 0 fully saturated rings. The van der Waals surface area contributed by atoms with Gasteiger partial charge in [-0.15, -0.1) is 0 Å². The van der Waals surface area contributed by atoms with Crippen LogP contribution in [-0.4, -0.2) is 17.4 Å². The smallest absolute Gasteiger partial charge is 0.236 e. The lowest BCUT2D eigenvalue weighted by atomic mass is 10.00. The maximum absolute atomic E-state index is 13.1. The van der Waals surface area contributed by atoms with Crippen molar-refractivity contribution in [1.29, 1.82) is 0 Å². The van der Waals surface area contributed by atoms with Crippen molar-refractivity contribution < 1.29 is 8.42 Å². The van der Waals surface area contributed by atoms with E-state index in [4.69, 9.17) is 0 Å². The standard InChI is InChI=1S/C17H18N2O2S/c1-11-9-17(14(4)13(3)12(11)2)22(20,21)19-10-18-15-7-5-6-8-16(15)19/h5-10H,1-4H3. The van der Waals surface area contributed by atoms with Crippen LogP contribution in [0.1, 0.15) is 22.3 Å². The van der Waals surface area contributed by atoms with E-state index in [-0.39, 0.29) is 0 Å². The second-order valence-electron chi connectivity index (χ2n) is 5.60. The Morgan fingerprint density at radius 2 is 1.64 bits per heavy atom. The predicted octanol–water partition coefficient (Wildman–Crippen LogP) is 3.51. The van der Waals surface area contributed by atoms with Crippen LogP contribution < -0.4 is 0 Å².